The molecule has 6 N–H and O–H groups in total. The van der Waals surface area contributed by atoms with Crippen molar-refractivity contribution < 1.29 is 49.3 Å². The number of nitrogens with one attached hydrogen (secondary N) is 1. The van der Waals surface area contributed by atoms with Crippen molar-refractivity contribution >= 4 is 11.9 Å². The van der Waals surface area contributed by atoms with Crippen LogP contribution in [0.15, 0.2) is 12.2 Å². The molecular formula is C59H113NO10. The van der Waals surface area contributed by atoms with Gasteiger partial charge in [0.15, 0.2) is 6.29 Å². The lowest BCUT2D eigenvalue weighted by Crippen LogP contribution is -2.60. The number of carbonyl (C=O) groups excluding carboxylic acids is 2. The van der Waals surface area contributed by atoms with E-state index < -0.39 is 49.5 Å². The molecule has 1 aliphatic rings. The van der Waals surface area contributed by atoms with E-state index in [2.05, 4.69) is 19.2 Å². The molecule has 0 aromatic carbocycles. The van der Waals surface area contributed by atoms with Crippen LogP contribution in [0.25, 0.3) is 0 Å². The minimum absolute atomic E-state index is 0.00527. The zero-order chi connectivity index (χ0) is 51.0. The summed E-state index contributed by atoms with van der Waals surface area (Å²) in [4.78, 5) is 25.1. The smallest absolute Gasteiger partial charge is 0.305 e. The number of esters is 1. The first-order valence-corrected chi connectivity index (χ1v) is 30.0. The van der Waals surface area contributed by atoms with Crippen LogP contribution in [0.1, 0.15) is 290 Å². The third kappa shape index (κ3) is 38.9. The number of aliphatic hydroxyl groups excluding tert-OH is 5. The first-order valence-electron chi connectivity index (χ1n) is 30.0. The van der Waals surface area contributed by atoms with Gasteiger partial charge in [0.05, 0.1) is 32.0 Å². The summed E-state index contributed by atoms with van der Waals surface area (Å²) >= 11 is 0. The Labute approximate surface area is 429 Å². The summed E-state index contributed by atoms with van der Waals surface area (Å²) in [6.07, 6.45) is 47.4. The molecule has 0 radical (unpaired) electrons. The lowest BCUT2D eigenvalue weighted by atomic mass is 9.99. The number of carbonyl (C=O) groups is 2. The maximum atomic E-state index is 13.0. The van der Waals surface area contributed by atoms with E-state index in [0.29, 0.717) is 19.4 Å². The van der Waals surface area contributed by atoms with Gasteiger partial charge in [0.25, 0.3) is 0 Å². The number of hydrogen-bond acceptors (Lipinski definition) is 10. The molecule has 1 aliphatic heterocycles. The van der Waals surface area contributed by atoms with Gasteiger partial charge in [-0.3, -0.25) is 9.59 Å². The van der Waals surface area contributed by atoms with Gasteiger partial charge in [-0.15, -0.1) is 0 Å². The van der Waals surface area contributed by atoms with Gasteiger partial charge < -0.3 is 45.1 Å². The predicted molar refractivity (Wildman–Crippen MR) is 288 cm³/mol. The van der Waals surface area contributed by atoms with Crippen LogP contribution >= 0.6 is 0 Å². The number of ether oxygens (including phenoxy) is 3. The van der Waals surface area contributed by atoms with E-state index in [1.807, 2.05) is 6.08 Å². The van der Waals surface area contributed by atoms with Gasteiger partial charge >= 0.3 is 5.97 Å². The summed E-state index contributed by atoms with van der Waals surface area (Å²) in [5, 5.41) is 54.2. The molecule has 11 nitrogen and oxygen atoms in total. The highest BCUT2D eigenvalue weighted by Gasteiger charge is 2.44. The average molecular weight is 997 g/mol. The van der Waals surface area contributed by atoms with Crippen molar-refractivity contribution in [3.05, 3.63) is 12.2 Å². The molecule has 1 amide bonds. The van der Waals surface area contributed by atoms with Gasteiger partial charge in [-0.25, -0.2) is 0 Å². The van der Waals surface area contributed by atoms with Gasteiger partial charge in [0.1, 0.15) is 24.4 Å². The Morgan fingerprint density at radius 3 is 1.33 bits per heavy atom. The van der Waals surface area contributed by atoms with E-state index in [0.717, 1.165) is 64.2 Å². The molecule has 0 aromatic heterocycles. The van der Waals surface area contributed by atoms with Crippen LogP contribution in [0.2, 0.25) is 0 Å². The van der Waals surface area contributed by atoms with Gasteiger partial charge in [-0.2, -0.15) is 0 Å². The maximum Gasteiger partial charge on any atom is 0.305 e. The average Bonchev–Trinajstić information content (AvgIpc) is 3.36. The molecule has 7 atom stereocenters. The fourth-order valence-corrected chi connectivity index (χ4v) is 9.61. The van der Waals surface area contributed by atoms with Crippen molar-refractivity contribution in [1.29, 1.82) is 0 Å². The summed E-state index contributed by atoms with van der Waals surface area (Å²) in [5.74, 6) is -0.192. The van der Waals surface area contributed by atoms with Crippen LogP contribution in [0, 0.1) is 0 Å². The zero-order valence-electron chi connectivity index (χ0n) is 45.5. The van der Waals surface area contributed by atoms with E-state index in [1.165, 1.54) is 199 Å². The fourth-order valence-electron chi connectivity index (χ4n) is 9.61. The second-order valence-corrected chi connectivity index (χ2v) is 21.1. The minimum atomic E-state index is -1.57. The molecule has 0 aromatic rings. The third-order valence-electron chi connectivity index (χ3n) is 14.4. The number of amides is 1. The van der Waals surface area contributed by atoms with Gasteiger partial charge in [0.2, 0.25) is 5.91 Å². The van der Waals surface area contributed by atoms with Gasteiger partial charge in [-0.1, -0.05) is 257 Å². The lowest BCUT2D eigenvalue weighted by molar-refractivity contribution is -0.302. The Balaban J connectivity index is 2.01. The lowest BCUT2D eigenvalue weighted by Gasteiger charge is -2.40. The Morgan fingerprint density at radius 2 is 0.900 bits per heavy atom. The second kappa shape index (κ2) is 49.6. The van der Waals surface area contributed by atoms with E-state index in [1.54, 1.807) is 6.08 Å². The summed E-state index contributed by atoms with van der Waals surface area (Å²) in [6, 6.07) is -0.810. The molecule has 7 unspecified atom stereocenters. The first-order chi connectivity index (χ1) is 34.2. The third-order valence-corrected chi connectivity index (χ3v) is 14.4. The highest BCUT2D eigenvalue weighted by molar-refractivity contribution is 5.76. The normalized spacial score (nSPS) is 19.2. The Bertz CT molecular complexity index is 1170. The fraction of sp³-hybridized carbons (Fsp3) is 0.932. The molecule has 70 heavy (non-hydrogen) atoms. The van der Waals surface area contributed by atoms with E-state index in [-0.39, 0.29) is 18.5 Å². The highest BCUT2D eigenvalue weighted by Crippen LogP contribution is 2.23. The van der Waals surface area contributed by atoms with Crippen molar-refractivity contribution in [2.45, 2.75) is 333 Å². The largest absolute Gasteiger partial charge is 0.466 e. The van der Waals surface area contributed by atoms with Crippen molar-refractivity contribution in [3.8, 4) is 0 Å². The molecule has 0 spiro atoms. The standard InChI is InChI=1S/C59H113NO10/c1-3-5-7-9-11-13-14-15-20-24-27-31-35-39-43-47-55(64)68-48-44-40-36-32-28-25-22-19-17-16-18-21-23-26-30-34-38-42-46-54(63)60-51(52(62)45-41-37-33-29-12-10-8-6-4-2)50-69-59-58(67)57(66)56(65)53(49-61)70-59/h41,45,51-53,56-59,61-62,65-67H,3-40,42-44,46-50H2,1-2H3,(H,60,63)/b45-41+. The summed E-state index contributed by atoms with van der Waals surface area (Å²) in [5.41, 5.74) is 0. The van der Waals surface area contributed by atoms with Crippen molar-refractivity contribution in [2.75, 3.05) is 19.8 Å². The Kier molecular flexibility index (Phi) is 47.1. The summed E-state index contributed by atoms with van der Waals surface area (Å²) in [6.45, 7) is 4.32. The van der Waals surface area contributed by atoms with Crippen LogP contribution in [0.3, 0.4) is 0 Å². The topological polar surface area (TPSA) is 175 Å². The van der Waals surface area contributed by atoms with Crippen molar-refractivity contribution in [1.82, 2.24) is 5.32 Å². The van der Waals surface area contributed by atoms with Crippen molar-refractivity contribution in [3.63, 3.8) is 0 Å². The number of rotatable bonds is 52. The Hall–Kier alpha value is -1.60. The van der Waals surface area contributed by atoms with Crippen LogP contribution < -0.4 is 5.32 Å². The van der Waals surface area contributed by atoms with Crippen LogP contribution in [-0.2, 0) is 23.8 Å². The number of aliphatic hydroxyl groups is 5. The number of hydrogen-bond donors (Lipinski definition) is 6. The SMILES string of the molecule is CCCCCCCCC/C=C/C(O)C(COC1OC(CO)C(O)C(O)C1O)NC(=O)CCCCCCCCCCCCCCCCCCCCOC(=O)CCCCCCCCCCCCCCCCC. The van der Waals surface area contributed by atoms with E-state index >= 15 is 0 Å². The summed E-state index contributed by atoms with van der Waals surface area (Å²) < 4.78 is 16.7. The van der Waals surface area contributed by atoms with Crippen LogP contribution in [-0.4, -0.2) is 100 Å². The molecule has 1 heterocycles. The molecule has 0 saturated carbocycles. The molecule has 1 rings (SSSR count). The molecule has 11 heteroatoms. The molecule has 414 valence electrons. The number of unbranched alkanes of at least 4 members (excludes halogenated alkanes) is 38. The summed E-state index contributed by atoms with van der Waals surface area (Å²) in [7, 11) is 0. The van der Waals surface area contributed by atoms with Crippen LogP contribution in [0.5, 0.6) is 0 Å². The number of allylic oxidation sites excluding steroid dienone is 1. The minimum Gasteiger partial charge on any atom is -0.466 e. The van der Waals surface area contributed by atoms with Crippen LogP contribution in [0.4, 0.5) is 0 Å². The first kappa shape index (κ1) is 66.4. The second-order valence-electron chi connectivity index (χ2n) is 21.1. The molecule has 0 bridgehead atoms. The van der Waals surface area contributed by atoms with E-state index in [4.69, 9.17) is 14.2 Å². The van der Waals surface area contributed by atoms with Crippen molar-refractivity contribution in [2.24, 2.45) is 0 Å². The zero-order valence-corrected chi connectivity index (χ0v) is 45.5. The van der Waals surface area contributed by atoms with Gasteiger partial charge in [0, 0.05) is 12.8 Å². The van der Waals surface area contributed by atoms with Gasteiger partial charge in [-0.05, 0) is 32.1 Å². The molecule has 1 fully saturated rings. The highest BCUT2D eigenvalue weighted by atomic mass is 16.7. The monoisotopic (exact) mass is 996 g/mol. The molecule has 0 aliphatic carbocycles. The quantitative estimate of drug-likeness (QED) is 0.0195. The molecular weight excluding hydrogens is 883 g/mol. The molecule has 1 saturated heterocycles. The maximum absolute atomic E-state index is 13.0. The Morgan fingerprint density at radius 1 is 0.514 bits per heavy atom. The van der Waals surface area contributed by atoms with E-state index in [9.17, 15) is 35.1 Å². The predicted octanol–water partition coefficient (Wildman–Crippen LogP) is 13.6.